The van der Waals surface area contributed by atoms with Gasteiger partial charge in [0, 0.05) is 25.4 Å². The molecular weight excluding hydrogens is 338 g/mol. The minimum atomic E-state index is -0.759. The van der Waals surface area contributed by atoms with Crippen LogP contribution in [0, 0.1) is 0 Å². The van der Waals surface area contributed by atoms with Crippen LogP contribution in [0.4, 0.5) is 0 Å². The van der Waals surface area contributed by atoms with Crippen LogP contribution in [0.25, 0.3) is 5.76 Å². The van der Waals surface area contributed by atoms with Gasteiger partial charge in [-0.25, -0.2) is 4.79 Å². The highest BCUT2D eigenvalue weighted by Crippen LogP contribution is 2.38. The van der Waals surface area contributed by atoms with Crippen LogP contribution in [0.5, 0.6) is 11.5 Å². The van der Waals surface area contributed by atoms with Gasteiger partial charge < -0.3 is 23.9 Å². The molecule has 2 aromatic rings. The van der Waals surface area contributed by atoms with Crippen LogP contribution >= 0.6 is 0 Å². The van der Waals surface area contributed by atoms with Crippen molar-refractivity contribution in [2.75, 3.05) is 20.8 Å². The summed E-state index contributed by atoms with van der Waals surface area (Å²) in [7, 11) is 2.90. The number of carbonyl (C=O) groups excluding carboxylic acids is 1. The summed E-state index contributed by atoms with van der Waals surface area (Å²) in [5.41, 5.74) is -0.0869. The highest BCUT2D eigenvalue weighted by atomic mass is 16.5. The number of esters is 1. The van der Waals surface area contributed by atoms with Gasteiger partial charge in [0.1, 0.15) is 17.3 Å². The molecule has 7 nitrogen and oxygen atoms in total. The molecule has 1 atom stereocenters. The minimum Gasteiger partial charge on any atom is -0.480 e. The summed E-state index contributed by atoms with van der Waals surface area (Å²) in [6.07, 6.45) is 3.26. The Morgan fingerprint density at radius 2 is 2.04 bits per heavy atom. The quantitative estimate of drug-likeness (QED) is 0.827. The molecule has 3 rings (SSSR count). The molecule has 1 aliphatic heterocycles. The summed E-state index contributed by atoms with van der Waals surface area (Å²) in [4.78, 5) is 25.9. The van der Waals surface area contributed by atoms with E-state index in [-0.39, 0.29) is 5.56 Å². The number of nitrogens with one attached hydrogen (secondary N) is 1. The molecule has 0 saturated carbocycles. The number of hydrogen-bond acceptors (Lipinski definition) is 6. The van der Waals surface area contributed by atoms with Gasteiger partial charge in [0.05, 0.1) is 24.8 Å². The van der Waals surface area contributed by atoms with E-state index in [9.17, 15) is 9.59 Å². The number of fused-ring (bicyclic) bond motifs is 1. The van der Waals surface area contributed by atoms with Crippen molar-refractivity contribution in [3.8, 4) is 11.5 Å². The van der Waals surface area contributed by atoms with Gasteiger partial charge in [0.25, 0.3) is 5.56 Å². The maximum atomic E-state index is 11.8. The highest BCUT2D eigenvalue weighted by molar-refractivity contribution is 5.91. The van der Waals surface area contributed by atoms with Gasteiger partial charge in [-0.05, 0) is 31.2 Å². The second-order valence-corrected chi connectivity index (χ2v) is 6.05. The predicted octanol–water partition coefficient (Wildman–Crippen LogP) is 2.38. The van der Waals surface area contributed by atoms with E-state index >= 15 is 0 Å². The van der Waals surface area contributed by atoms with E-state index in [1.165, 1.54) is 19.4 Å². The number of pyridine rings is 1. The molecule has 1 unspecified atom stereocenters. The van der Waals surface area contributed by atoms with Crippen LogP contribution < -0.4 is 15.0 Å². The summed E-state index contributed by atoms with van der Waals surface area (Å²) in [5.74, 6) is 0.909. The Balaban J connectivity index is 2.07. The number of H-pyrrole nitrogens is 1. The van der Waals surface area contributed by atoms with E-state index in [0.717, 1.165) is 0 Å². The van der Waals surface area contributed by atoms with E-state index in [0.29, 0.717) is 35.0 Å². The van der Waals surface area contributed by atoms with Crippen molar-refractivity contribution in [2.45, 2.75) is 12.5 Å². The van der Waals surface area contributed by atoms with E-state index in [2.05, 4.69) is 4.98 Å². The van der Waals surface area contributed by atoms with Crippen LogP contribution in [0.2, 0.25) is 0 Å². The summed E-state index contributed by atoms with van der Waals surface area (Å²) in [5, 5.41) is 0. The topological polar surface area (TPSA) is 86.9 Å². The van der Waals surface area contributed by atoms with Crippen LogP contribution in [-0.2, 0) is 9.47 Å². The first-order valence-corrected chi connectivity index (χ1v) is 7.94. The third-order valence-corrected chi connectivity index (χ3v) is 3.85. The second kappa shape index (κ2) is 7.05. The minimum absolute atomic E-state index is 0.279. The average Bonchev–Trinajstić information content (AvgIpc) is 2.60. The molecular formula is C19H19NO6. The number of carbonyl (C=O) groups is 1. The summed E-state index contributed by atoms with van der Waals surface area (Å²) in [6.45, 7) is 2.16. The Labute approximate surface area is 150 Å². The van der Waals surface area contributed by atoms with Crippen molar-refractivity contribution in [2.24, 2.45) is 0 Å². The first-order chi connectivity index (χ1) is 12.4. The Morgan fingerprint density at radius 3 is 2.73 bits per heavy atom. The largest absolute Gasteiger partial charge is 0.480 e. The molecule has 136 valence electrons. The molecule has 7 heteroatoms. The average molecular weight is 357 g/mol. The fraction of sp³-hybridized carbons (Fsp3) is 0.263. The normalized spacial score (nSPS) is 18.3. The number of rotatable bonds is 5. The lowest BCUT2D eigenvalue weighted by Crippen LogP contribution is -2.38. The Kier molecular flexibility index (Phi) is 4.81. The molecule has 1 aromatic heterocycles. The second-order valence-electron chi connectivity index (χ2n) is 6.05. The third kappa shape index (κ3) is 3.62. The van der Waals surface area contributed by atoms with Crippen molar-refractivity contribution in [1.82, 2.24) is 4.98 Å². The van der Waals surface area contributed by atoms with E-state index in [1.807, 2.05) is 6.92 Å². The fourth-order valence-corrected chi connectivity index (χ4v) is 2.75. The van der Waals surface area contributed by atoms with Crippen molar-refractivity contribution in [1.29, 1.82) is 0 Å². The van der Waals surface area contributed by atoms with Gasteiger partial charge >= 0.3 is 5.97 Å². The van der Waals surface area contributed by atoms with Gasteiger partial charge in [-0.3, -0.25) is 4.79 Å². The molecule has 1 aliphatic rings. The number of aromatic nitrogens is 1. The van der Waals surface area contributed by atoms with Crippen molar-refractivity contribution < 1.29 is 23.7 Å². The summed E-state index contributed by atoms with van der Waals surface area (Å²) in [6, 6.07) is 7.91. The number of ether oxygens (including phenoxy) is 4. The fourth-order valence-electron chi connectivity index (χ4n) is 2.75. The van der Waals surface area contributed by atoms with E-state index < -0.39 is 11.6 Å². The van der Waals surface area contributed by atoms with Crippen molar-refractivity contribution in [3.63, 3.8) is 0 Å². The van der Waals surface area contributed by atoms with E-state index in [1.54, 1.807) is 37.5 Å². The van der Waals surface area contributed by atoms with Gasteiger partial charge in [-0.2, -0.15) is 0 Å². The van der Waals surface area contributed by atoms with Gasteiger partial charge in [-0.1, -0.05) is 0 Å². The standard InChI is InChI=1S/C19H19NO6/c1-19(11-23-2)10-16(25-13-6-7-20-17(21)9-13)14-8-12(18(22)24-3)4-5-15(14)26-19/h4-10H,11H2,1-3H3,(H,20,21). The lowest BCUT2D eigenvalue weighted by atomic mass is 9.98. The molecule has 0 saturated heterocycles. The number of hydrogen-bond donors (Lipinski definition) is 1. The summed E-state index contributed by atoms with van der Waals surface area (Å²) < 4.78 is 22.0. The maximum absolute atomic E-state index is 11.8. The molecule has 0 radical (unpaired) electrons. The predicted molar refractivity (Wildman–Crippen MR) is 94.4 cm³/mol. The first-order valence-electron chi connectivity index (χ1n) is 7.94. The van der Waals surface area contributed by atoms with Gasteiger partial charge in [0.2, 0.25) is 0 Å². The number of benzene rings is 1. The maximum Gasteiger partial charge on any atom is 0.337 e. The van der Waals surface area contributed by atoms with Crippen LogP contribution in [0.15, 0.2) is 47.4 Å². The molecule has 26 heavy (non-hydrogen) atoms. The molecule has 1 N–H and O–H groups in total. The molecule has 0 fully saturated rings. The third-order valence-electron chi connectivity index (χ3n) is 3.85. The molecule has 1 aromatic carbocycles. The monoisotopic (exact) mass is 357 g/mol. The molecule has 0 spiro atoms. The molecule has 2 heterocycles. The Bertz CT molecular complexity index is 916. The molecule has 0 aliphatic carbocycles. The van der Waals surface area contributed by atoms with Crippen LogP contribution in [-0.4, -0.2) is 37.4 Å². The van der Waals surface area contributed by atoms with Gasteiger partial charge in [0.15, 0.2) is 5.60 Å². The van der Waals surface area contributed by atoms with Crippen LogP contribution in [0.3, 0.4) is 0 Å². The Hall–Kier alpha value is -3.06. The first kappa shape index (κ1) is 17.8. The van der Waals surface area contributed by atoms with E-state index in [4.69, 9.17) is 18.9 Å². The molecule has 0 bridgehead atoms. The Morgan fingerprint density at radius 1 is 1.23 bits per heavy atom. The van der Waals surface area contributed by atoms with Crippen molar-refractivity contribution in [3.05, 3.63) is 64.1 Å². The SMILES string of the molecule is COCC1(C)C=C(Oc2cc[nH]c(=O)c2)c2cc(C(=O)OC)ccc2O1. The number of aromatic amines is 1. The van der Waals surface area contributed by atoms with Crippen molar-refractivity contribution >= 4 is 11.7 Å². The molecule has 0 amide bonds. The lowest BCUT2D eigenvalue weighted by molar-refractivity contribution is 0.0358. The lowest BCUT2D eigenvalue weighted by Gasteiger charge is -2.33. The highest BCUT2D eigenvalue weighted by Gasteiger charge is 2.33. The zero-order chi connectivity index (χ0) is 18.7. The smallest absolute Gasteiger partial charge is 0.337 e. The summed E-state index contributed by atoms with van der Waals surface area (Å²) >= 11 is 0. The zero-order valence-corrected chi connectivity index (χ0v) is 14.7. The number of methoxy groups -OCH3 is 2. The van der Waals surface area contributed by atoms with Crippen LogP contribution in [0.1, 0.15) is 22.8 Å². The zero-order valence-electron chi connectivity index (χ0n) is 14.7. The van der Waals surface area contributed by atoms with Gasteiger partial charge in [-0.15, -0.1) is 0 Å².